The van der Waals surface area contributed by atoms with Gasteiger partial charge in [0.2, 0.25) is 0 Å². The van der Waals surface area contributed by atoms with E-state index in [4.69, 9.17) is 4.74 Å². The number of nitriles is 1. The molecule has 1 aromatic heterocycles. The van der Waals surface area contributed by atoms with Gasteiger partial charge in [0.25, 0.3) is 0 Å². The van der Waals surface area contributed by atoms with Crippen LogP contribution in [0.3, 0.4) is 0 Å². The Morgan fingerprint density at radius 3 is 2.83 bits per heavy atom. The molecule has 120 valence electrons. The number of morpholine rings is 1. The lowest BCUT2D eigenvalue weighted by Crippen LogP contribution is -2.53. The van der Waals surface area contributed by atoms with E-state index in [0.29, 0.717) is 18.2 Å². The average Bonchev–Trinajstić information content (AvgIpc) is 2.62. The second-order valence-electron chi connectivity index (χ2n) is 6.32. The van der Waals surface area contributed by atoms with Crippen LogP contribution < -0.4 is 0 Å². The van der Waals surface area contributed by atoms with Gasteiger partial charge in [0.05, 0.1) is 30.5 Å². The van der Waals surface area contributed by atoms with Crippen LogP contribution in [0.15, 0.2) is 54.7 Å². The summed E-state index contributed by atoms with van der Waals surface area (Å²) in [6.07, 6.45) is 4.87. The highest BCUT2D eigenvalue weighted by atomic mass is 16.5. The van der Waals surface area contributed by atoms with Gasteiger partial charge in [0.1, 0.15) is 6.07 Å². The van der Waals surface area contributed by atoms with Crippen LogP contribution in [0.25, 0.3) is 5.57 Å². The minimum atomic E-state index is 0.237. The van der Waals surface area contributed by atoms with Crippen molar-refractivity contribution in [2.75, 3.05) is 13.2 Å². The molecule has 0 saturated carbocycles. The Morgan fingerprint density at radius 2 is 2.04 bits per heavy atom. The number of pyridine rings is 1. The summed E-state index contributed by atoms with van der Waals surface area (Å²) >= 11 is 0. The first-order valence-electron chi connectivity index (χ1n) is 8.29. The Kier molecular flexibility index (Phi) is 4.12. The van der Waals surface area contributed by atoms with E-state index < -0.39 is 0 Å². The molecule has 0 N–H and O–H groups in total. The minimum Gasteiger partial charge on any atom is -0.378 e. The number of fused-ring (bicyclic) bond motifs is 2. The third kappa shape index (κ3) is 2.84. The van der Waals surface area contributed by atoms with Crippen molar-refractivity contribution in [2.24, 2.45) is 0 Å². The van der Waals surface area contributed by atoms with Gasteiger partial charge in [-0.25, -0.2) is 0 Å². The zero-order valence-electron chi connectivity index (χ0n) is 13.4. The highest BCUT2D eigenvalue weighted by molar-refractivity contribution is 5.69. The molecule has 0 radical (unpaired) electrons. The molecule has 4 rings (SSSR count). The topological polar surface area (TPSA) is 49.1 Å². The quantitative estimate of drug-likeness (QED) is 0.873. The summed E-state index contributed by atoms with van der Waals surface area (Å²) in [5.41, 5.74) is 3.98. The lowest BCUT2D eigenvalue weighted by Gasteiger charge is -2.44. The Bertz CT molecular complexity index is 794. The van der Waals surface area contributed by atoms with Crippen molar-refractivity contribution in [3.05, 3.63) is 71.6 Å². The normalized spacial score (nSPS) is 23.4. The molecular formula is C20H19N3O. The number of ether oxygens (including phenoxy) is 1. The second-order valence-corrected chi connectivity index (χ2v) is 6.32. The molecular weight excluding hydrogens is 298 g/mol. The van der Waals surface area contributed by atoms with E-state index in [1.165, 1.54) is 11.1 Å². The van der Waals surface area contributed by atoms with Crippen molar-refractivity contribution in [2.45, 2.75) is 25.0 Å². The van der Waals surface area contributed by atoms with Crippen LogP contribution in [0.5, 0.6) is 0 Å². The molecule has 2 atom stereocenters. The molecule has 2 aliphatic heterocycles. The van der Waals surface area contributed by atoms with Crippen LogP contribution in [-0.4, -0.2) is 35.2 Å². The molecule has 24 heavy (non-hydrogen) atoms. The number of nitrogens with zero attached hydrogens (tertiary/aromatic N) is 3. The maximum Gasteiger partial charge on any atom is 0.101 e. The molecule has 4 nitrogen and oxygen atoms in total. The van der Waals surface area contributed by atoms with E-state index in [1.54, 1.807) is 6.20 Å². The van der Waals surface area contributed by atoms with E-state index >= 15 is 0 Å². The van der Waals surface area contributed by atoms with E-state index in [1.807, 2.05) is 18.2 Å². The van der Waals surface area contributed by atoms with Crippen molar-refractivity contribution >= 4 is 5.57 Å². The Balaban J connectivity index is 1.64. The van der Waals surface area contributed by atoms with Gasteiger partial charge in [-0.05, 0) is 29.7 Å². The fraction of sp³-hybridized carbons (Fsp3) is 0.300. The molecule has 2 bridgehead atoms. The zero-order valence-corrected chi connectivity index (χ0v) is 13.4. The van der Waals surface area contributed by atoms with Crippen molar-refractivity contribution < 1.29 is 4.74 Å². The van der Waals surface area contributed by atoms with Crippen molar-refractivity contribution in [1.82, 2.24) is 9.88 Å². The van der Waals surface area contributed by atoms with Crippen molar-refractivity contribution in [1.29, 1.82) is 5.26 Å². The second kappa shape index (κ2) is 6.56. The number of hydrogen-bond acceptors (Lipinski definition) is 4. The Hall–Kier alpha value is -2.48. The SMILES string of the molecule is N#Cc1cccnc1C1=CC2COCC(C1)N2Cc1ccccc1. The maximum atomic E-state index is 9.35. The summed E-state index contributed by atoms with van der Waals surface area (Å²) in [5.74, 6) is 0. The number of rotatable bonds is 3. The largest absolute Gasteiger partial charge is 0.378 e. The van der Waals surface area contributed by atoms with E-state index in [9.17, 15) is 5.26 Å². The van der Waals surface area contributed by atoms with Crippen LogP contribution in [0, 0.1) is 11.3 Å². The van der Waals surface area contributed by atoms with Crippen LogP contribution in [0.4, 0.5) is 0 Å². The van der Waals surface area contributed by atoms with Gasteiger partial charge >= 0.3 is 0 Å². The molecule has 2 unspecified atom stereocenters. The van der Waals surface area contributed by atoms with Gasteiger partial charge in [0.15, 0.2) is 0 Å². The number of hydrogen-bond donors (Lipinski definition) is 0. The lowest BCUT2D eigenvalue weighted by molar-refractivity contribution is -0.0403. The lowest BCUT2D eigenvalue weighted by atomic mass is 9.90. The first kappa shape index (κ1) is 15.1. The molecule has 3 heterocycles. The summed E-state index contributed by atoms with van der Waals surface area (Å²) in [4.78, 5) is 6.97. The van der Waals surface area contributed by atoms with Gasteiger partial charge in [0, 0.05) is 18.8 Å². The van der Waals surface area contributed by atoms with E-state index in [0.717, 1.165) is 25.3 Å². The summed E-state index contributed by atoms with van der Waals surface area (Å²) in [5, 5.41) is 9.35. The van der Waals surface area contributed by atoms with Crippen LogP contribution in [0.2, 0.25) is 0 Å². The fourth-order valence-corrected chi connectivity index (χ4v) is 3.63. The molecule has 0 amide bonds. The molecule has 4 heteroatoms. The standard InChI is InChI=1S/C20H19N3O/c21-11-16-7-4-8-22-20(16)17-9-18-13-24-14-19(10-17)23(18)12-15-5-2-1-3-6-15/h1-9,18-19H,10,12-14H2. The average molecular weight is 317 g/mol. The third-order valence-corrected chi connectivity index (χ3v) is 4.78. The highest BCUT2D eigenvalue weighted by Crippen LogP contribution is 2.33. The minimum absolute atomic E-state index is 0.237. The van der Waals surface area contributed by atoms with E-state index in [-0.39, 0.29) is 6.04 Å². The maximum absolute atomic E-state index is 9.35. The Labute approximate surface area is 142 Å². The van der Waals surface area contributed by atoms with Gasteiger partial charge in [-0.3, -0.25) is 9.88 Å². The summed E-state index contributed by atoms with van der Waals surface area (Å²) in [6.45, 7) is 2.35. The first-order chi connectivity index (χ1) is 11.8. The molecule has 1 aromatic carbocycles. The van der Waals surface area contributed by atoms with Crippen LogP contribution in [-0.2, 0) is 11.3 Å². The monoisotopic (exact) mass is 317 g/mol. The number of benzene rings is 1. The molecule has 2 aromatic rings. The summed E-state index contributed by atoms with van der Waals surface area (Å²) in [6, 6.07) is 17.0. The molecule has 0 spiro atoms. The highest BCUT2D eigenvalue weighted by Gasteiger charge is 2.35. The van der Waals surface area contributed by atoms with Crippen LogP contribution in [0.1, 0.15) is 23.2 Å². The van der Waals surface area contributed by atoms with Gasteiger partial charge < -0.3 is 4.74 Å². The van der Waals surface area contributed by atoms with Crippen molar-refractivity contribution in [3.63, 3.8) is 0 Å². The van der Waals surface area contributed by atoms with Crippen LogP contribution >= 0.6 is 0 Å². The molecule has 0 aliphatic carbocycles. The van der Waals surface area contributed by atoms with Gasteiger partial charge in [-0.1, -0.05) is 36.4 Å². The Morgan fingerprint density at radius 1 is 1.17 bits per heavy atom. The van der Waals surface area contributed by atoms with Gasteiger partial charge in [-0.15, -0.1) is 0 Å². The smallest absolute Gasteiger partial charge is 0.101 e. The first-order valence-corrected chi connectivity index (χ1v) is 8.29. The predicted octanol–water partition coefficient (Wildman–Crippen LogP) is 3.01. The molecule has 1 fully saturated rings. The third-order valence-electron chi connectivity index (χ3n) is 4.78. The van der Waals surface area contributed by atoms with Crippen molar-refractivity contribution in [3.8, 4) is 6.07 Å². The van der Waals surface area contributed by atoms with E-state index in [2.05, 4.69) is 46.3 Å². The fourth-order valence-electron chi connectivity index (χ4n) is 3.63. The predicted molar refractivity (Wildman–Crippen MR) is 91.9 cm³/mol. The molecule has 1 saturated heterocycles. The number of aromatic nitrogens is 1. The van der Waals surface area contributed by atoms with Gasteiger partial charge in [-0.2, -0.15) is 5.26 Å². The zero-order chi connectivity index (χ0) is 16.4. The molecule has 2 aliphatic rings. The summed E-state index contributed by atoms with van der Waals surface area (Å²) in [7, 11) is 0. The summed E-state index contributed by atoms with van der Waals surface area (Å²) < 4.78 is 5.77.